The molecule has 1 aromatic carbocycles. The minimum atomic E-state index is -3.26. The summed E-state index contributed by atoms with van der Waals surface area (Å²) in [5.74, 6) is 0.530. The Bertz CT molecular complexity index is 657. The number of hydrogen-bond acceptors (Lipinski definition) is 5. The molecule has 0 amide bonds. The normalized spacial score (nSPS) is 11.6. The number of nitrogen functional groups attached to an aromatic ring is 1. The summed E-state index contributed by atoms with van der Waals surface area (Å²) in [5.41, 5.74) is 7.39. The van der Waals surface area contributed by atoms with Crippen molar-refractivity contribution < 1.29 is 8.42 Å². The van der Waals surface area contributed by atoms with Crippen molar-refractivity contribution in [3.63, 3.8) is 0 Å². The van der Waals surface area contributed by atoms with E-state index in [0.717, 1.165) is 10.6 Å². The number of sulfonamides is 1. The molecule has 2 aromatic rings. The first-order valence-corrected chi connectivity index (χ1v) is 9.12. The van der Waals surface area contributed by atoms with E-state index in [1.165, 1.54) is 11.8 Å². The monoisotopic (exact) mass is 326 g/mol. The molecule has 0 spiro atoms. The van der Waals surface area contributed by atoms with Crippen LogP contribution in [-0.4, -0.2) is 36.4 Å². The van der Waals surface area contributed by atoms with Crippen molar-refractivity contribution >= 4 is 27.5 Å². The second kappa shape index (κ2) is 7.48. The second-order valence-corrected chi connectivity index (χ2v) is 7.49. The van der Waals surface area contributed by atoms with Crippen LogP contribution < -0.4 is 10.5 Å². The molecule has 0 atom stereocenters. The summed E-state index contributed by atoms with van der Waals surface area (Å²) in [7, 11) is -3.26. The van der Waals surface area contributed by atoms with Crippen LogP contribution in [0, 0.1) is 0 Å². The number of aromatic amines is 1. The van der Waals surface area contributed by atoms with Crippen LogP contribution in [0.3, 0.4) is 0 Å². The van der Waals surface area contributed by atoms with Gasteiger partial charge in [0.1, 0.15) is 0 Å². The Balaban J connectivity index is 1.72. The topological polar surface area (TPSA) is 101 Å². The molecule has 1 aromatic heterocycles. The summed E-state index contributed by atoms with van der Waals surface area (Å²) < 4.78 is 26.3. The minimum absolute atomic E-state index is 0.0645. The summed E-state index contributed by atoms with van der Waals surface area (Å²) in [6.45, 7) is 0.364. The van der Waals surface area contributed by atoms with Crippen LogP contribution in [0.5, 0.6) is 0 Å². The molecule has 0 bridgehead atoms. The number of imidazole rings is 1. The number of H-pyrrole nitrogens is 1. The van der Waals surface area contributed by atoms with Crippen LogP contribution >= 0.6 is 11.8 Å². The Hall–Kier alpha value is -1.51. The maximum absolute atomic E-state index is 11.9. The standard InChI is InChI=1S/C13H18N4O2S2/c14-12-3-1-2-4-13(12)20-7-8-21(18,19)17-6-5-11-9-15-10-16-11/h1-4,9-10,17H,5-8,14H2,(H,15,16). The van der Waals surface area contributed by atoms with Gasteiger partial charge in [-0.05, 0) is 12.1 Å². The number of benzene rings is 1. The molecule has 8 heteroatoms. The SMILES string of the molecule is Nc1ccccc1SCCS(=O)(=O)NCCc1cnc[nH]1. The first-order valence-electron chi connectivity index (χ1n) is 6.49. The van der Waals surface area contributed by atoms with E-state index in [-0.39, 0.29) is 5.75 Å². The van der Waals surface area contributed by atoms with E-state index in [1.54, 1.807) is 18.6 Å². The van der Waals surface area contributed by atoms with E-state index < -0.39 is 10.0 Å². The average molecular weight is 326 g/mol. The van der Waals surface area contributed by atoms with Crippen LogP contribution in [-0.2, 0) is 16.4 Å². The Kier molecular flexibility index (Phi) is 5.66. The van der Waals surface area contributed by atoms with Gasteiger partial charge >= 0.3 is 0 Å². The fourth-order valence-electron chi connectivity index (χ4n) is 1.71. The van der Waals surface area contributed by atoms with Gasteiger partial charge < -0.3 is 10.7 Å². The van der Waals surface area contributed by atoms with Gasteiger partial charge in [0, 0.05) is 41.2 Å². The predicted octanol–water partition coefficient (Wildman–Crippen LogP) is 1.25. The van der Waals surface area contributed by atoms with Crippen LogP contribution in [0.25, 0.3) is 0 Å². The molecule has 0 aliphatic rings. The van der Waals surface area contributed by atoms with Crippen molar-refractivity contribution in [2.24, 2.45) is 0 Å². The largest absolute Gasteiger partial charge is 0.398 e. The molecule has 0 fully saturated rings. The predicted molar refractivity (Wildman–Crippen MR) is 85.7 cm³/mol. The van der Waals surface area contributed by atoms with Crippen molar-refractivity contribution in [1.82, 2.24) is 14.7 Å². The summed E-state index contributed by atoms with van der Waals surface area (Å²) in [6, 6.07) is 7.43. The van der Waals surface area contributed by atoms with Gasteiger partial charge in [0.2, 0.25) is 10.0 Å². The minimum Gasteiger partial charge on any atom is -0.398 e. The highest BCUT2D eigenvalue weighted by atomic mass is 32.2. The van der Waals surface area contributed by atoms with Crippen LogP contribution in [0.2, 0.25) is 0 Å². The Morgan fingerprint density at radius 3 is 2.86 bits per heavy atom. The summed E-state index contributed by atoms with van der Waals surface area (Å²) in [4.78, 5) is 7.72. The Morgan fingerprint density at radius 1 is 1.33 bits per heavy atom. The lowest BCUT2D eigenvalue weighted by atomic mass is 10.3. The number of para-hydroxylation sites is 1. The molecule has 6 nitrogen and oxygen atoms in total. The van der Waals surface area contributed by atoms with Gasteiger partial charge in [-0.3, -0.25) is 0 Å². The lowest BCUT2D eigenvalue weighted by molar-refractivity contribution is 0.583. The van der Waals surface area contributed by atoms with Crippen LogP contribution in [0.1, 0.15) is 5.69 Å². The van der Waals surface area contributed by atoms with Gasteiger partial charge in [-0.15, -0.1) is 11.8 Å². The van der Waals surface area contributed by atoms with E-state index in [0.29, 0.717) is 24.4 Å². The third-order valence-electron chi connectivity index (χ3n) is 2.80. The number of thioether (sulfide) groups is 1. The number of rotatable bonds is 8. The molecule has 1 heterocycles. The first-order chi connectivity index (χ1) is 10.1. The maximum atomic E-state index is 11.9. The van der Waals surface area contributed by atoms with E-state index in [1.807, 2.05) is 18.2 Å². The number of anilines is 1. The molecule has 0 radical (unpaired) electrons. The molecule has 2 rings (SSSR count). The van der Waals surface area contributed by atoms with Crippen molar-refractivity contribution in [2.75, 3.05) is 23.8 Å². The van der Waals surface area contributed by atoms with E-state index in [4.69, 9.17) is 5.73 Å². The molecular formula is C13H18N4O2S2. The van der Waals surface area contributed by atoms with Crippen LogP contribution in [0.15, 0.2) is 41.7 Å². The smallest absolute Gasteiger partial charge is 0.212 e. The Labute approximate surface area is 128 Å². The molecule has 4 N–H and O–H groups in total. The lowest BCUT2D eigenvalue weighted by Crippen LogP contribution is -2.29. The molecule has 0 unspecified atom stereocenters. The van der Waals surface area contributed by atoms with Gasteiger partial charge in [0.15, 0.2) is 0 Å². The van der Waals surface area contributed by atoms with Gasteiger partial charge in [-0.25, -0.2) is 18.1 Å². The Morgan fingerprint density at radius 2 is 2.14 bits per heavy atom. The molecule has 21 heavy (non-hydrogen) atoms. The molecular weight excluding hydrogens is 308 g/mol. The lowest BCUT2D eigenvalue weighted by Gasteiger charge is -2.07. The molecule has 0 saturated heterocycles. The number of nitrogens with zero attached hydrogens (tertiary/aromatic N) is 1. The number of nitrogens with two attached hydrogens (primary N) is 1. The highest BCUT2D eigenvalue weighted by Crippen LogP contribution is 2.24. The fourth-order valence-corrected chi connectivity index (χ4v) is 4.11. The third-order valence-corrected chi connectivity index (χ3v) is 5.53. The molecule has 0 aliphatic heterocycles. The highest BCUT2D eigenvalue weighted by Gasteiger charge is 2.10. The third kappa shape index (κ3) is 5.41. The van der Waals surface area contributed by atoms with Crippen molar-refractivity contribution in [3.8, 4) is 0 Å². The summed E-state index contributed by atoms with van der Waals surface area (Å²) in [6.07, 6.45) is 3.85. The van der Waals surface area contributed by atoms with E-state index in [9.17, 15) is 8.42 Å². The van der Waals surface area contributed by atoms with Gasteiger partial charge in [0.25, 0.3) is 0 Å². The van der Waals surface area contributed by atoms with Gasteiger partial charge in [0.05, 0.1) is 12.1 Å². The zero-order valence-electron chi connectivity index (χ0n) is 11.5. The summed E-state index contributed by atoms with van der Waals surface area (Å²) >= 11 is 1.44. The summed E-state index contributed by atoms with van der Waals surface area (Å²) in [5, 5.41) is 0. The van der Waals surface area contributed by atoms with Crippen molar-refractivity contribution in [1.29, 1.82) is 0 Å². The number of nitrogens with one attached hydrogen (secondary N) is 2. The first kappa shape index (κ1) is 15.9. The molecule has 0 aliphatic carbocycles. The maximum Gasteiger partial charge on any atom is 0.212 e. The number of aromatic nitrogens is 2. The quantitative estimate of drug-likeness (QED) is 0.500. The zero-order chi connectivity index (χ0) is 15.1. The van der Waals surface area contributed by atoms with Crippen molar-refractivity contribution in [2.45, 2.75) is 11.3 Å². The zero-order valence-corrected chi connectivity index (χ0v) is 13.1. The highest BCUT2D eigenvalue weighted by molar-refractivity contribution is 8.00. The average Bonchev–Trinajstić information content (AvgIpc) is 2.94. The van der Waals surface area contributed by atoms with Gasteiger partial charge in [-0.1, -0.05) is 12.1 Å². The van der Waals surface area contributed by atoms with E-state index in [2.05, 4.69) is 14.7 Å². The van der Waals surface area contributed by atoms with Gasteiger partial charge in [-0.2, -0.15) is 0 Å². The fraction of sp³-hybridized carbons (Fsp3) is 0.308. The number of hydrogen-bond donors (Lipinski definition) is 3. The molecule has 0 saturated carbocycles. The van der Waals surface area contributed by atoms with Crippen LogP contribution in [0.4, 0.5) is 5.69 Å². The van der Waals surface area contributed by atoms with Crippen molar-refractivity contribution in [3.05, 3.63) is 42.5 Å². The molecule has 114 valence electrons. The van der Waals surface area contributed by atoms with E-state index >= 15 is 0 Å². The second-order valence-electron chi connectivity index (χ2n) is 4.43.